The maximum Gasteiger partial charge on any atom is 0.389 e. The van der Waals surface area contributed by atoms with Crippen LogP contribution in [0.25, 0.3) is 0 Å². The number of ketones is 1. The van der Waals surface area contributed by atoms with Crippen molar-refractivity contribution in [3.63, 3.8) is 0 Å². The van der Waals surface area contributed by atoms with Gasteiger partial charge in [0.1, 0.15) is 0 Å². The van der Waals surface area contributed by atoms with Gasteiger partial charge in [-0.05, 0) is 11.6 Å². The van der Waals surface area contributed by atoms with E-state index in [-0.39, 0.29) is 23.1 Å². The van der Waals surface area contributed by atoms with Crippen LogP contribution in [0.1, 0.15) is 28.8 Å². The summed E-state index contributed by atoms with van der Waals surface area (Å²) in [7, 11) is 0. The van der Waals surface area contributed by atoms with Gasteiger partial charge in [-0.3, -0.25) is 19.2 Å². The van der Waals surface area contributed by atoms with E-state index in [9.17, 15) is 32.3 Å². The first-order valence-electron chi connectivity index (χ1n) is 6.40. The minimum atomic E-state index is -4.50. The second-order valence-corrected chi connectivity index (χ2v) is 4.63. The molecule has 9 heteroatoms. The van der Waals surface area contributed by atoms with Gasteiger partial charge in [-0.1, -0.05) is 12.1 Å². The molecule has 3 N–H and O–H groups in total. The number of halogens is 3. The van der Waals surface area contributed by atoms with Gasteiger partial charge in [-0.25, -0.2) is 0 Å². The van der Waals surface area contributed by atoms with Gasteiger partial charge in [0.2, 0.25) is 5.91 Å². The van der Waals surface area contributed by atoms with Gasteiger partial charge in [0.15, 0.2) is 12.1 Å². The van der Waals surface area contributed by atoms with E-state index < -0.39 is 43.0 Å². The Kier molecular flexibility index (Phi) is 6.00. The van der Waals surface area contributed by atoms with Crippen LogP contribution in [0.3, 0.4) is 0 Å². The number of aldehydes is 1. The molecule has 6 nitrogen and oxygen atoms in total. The highest BCUT2D eigenvalue weighted by atomic mass is 19.4. The summed E-state index contributed by atoms with van der Waals surface area (Å²) < 4.78 is 36.4. The topological polar surface area (TPSA) is 106 Å². The number of primary amides is 1. The molecular formula is C14H13F3N2O4. The zero-order valence-corrected chi connectivity index (χ0v) is 11.8. The van der Waals surface area contributed by atoms with E-state index in [4.69, 9.17) is 5.73 Å². The van der Waals surface area contributed by atoms with E-state index in [1.807, 2.05) is 0 Å². The lowest BCUT2D eigenvalue weighted by Gasteiger charge is -2.14. The molecule has 0 aliphatic heterocycles. The number of nitrogens with one attached hydrogen (secondary N) is 1. The number of Topliss-reactive ketones (excluding diaryl/α,β-unsaturated/α-hetero) is 1. The standard InChI is InChI=1S/C14H13F3N2O4/c15-14(16,17)5-4-11(22)19-12-8(6-9(21)7-20)2-1-3-10(12)13(18)23/h1-3,7H,4-6H2,(H2,18,23)(H,19,22). The van der Waals surface area contributed by atoms with Gasteiger partial charge in [0, 0.05) is 12.8 Å². The third-order valence-corrected chi connectivity index (χ3v) is 2.81. The van der Waals surface area contributed by atoms with Crippen LogP contribution in [0.2, 0.25) is 0 Å². The van der Waals surface area contributed by atoms with Crippen LogP contribution in [-0.4, -0.2) is 30.1 Å². The summed E-state index contributed by atoms with van der Waals surface area (Å²) in [4.78, 5) is 44.6. The van der Waals surface area contributed by atoms with Crippen molar-refractivity contribution in [2.75, 3.05) is 5.32 Å². The molecule has 0 aliphatic carbocycles. The predicted octanol–water partition coefficient (Wildman–Crippen LogP) is 1.38. The largest absolute Gasteiger partial charge is 0.389 e. The molecule has 0 atom stereocenters. The van der Waals surface area contributed by atoms with Crippen molar-refractivity contribution in [3.8, 4) is 0 Å². The molecule has 124 valence electrons. The molecule has 23 heavy (non-hydrogen) atoms. The quantitative estimate of drug-likeness (QED) is 0.582. The van der Waals surface area contributed by atoms with Crippen molar-refractivity contribution in [2.45, 2.75) is 25.4 Å². The number of carbonyl (C=O) groups is 4. The average Bonchev–Trinajstić information content (AvgIpc) is 2.45. The molecule has 1 aromatic carbocycles. The van der Waals surface area contributed by atoms with Crippen LogP contribution in [-0.2, 0) is 20.8 Å². The first kappa shape index (κ1) is 18.3. The summed E-state index contributed by atoms with van der Waals surface area (Å²) in [6, 6.07) is 3.97. The molecule has 0 spiro atoms. The highest BCUT2D eigenvalue weighted by Gasteiger charge is 2.28. The molecule has 0 aliphatic rings. The number of hydrogen-bond donors (Lipinski definition) is 2. The number of benzene rings is 1. The first-order valence-corrected chi connectivity index (χ1v) is 6.40. The van der Waals surface area contributed by atoms with Crippen molar-refractivity contribution in [1.82, 2.24) is 0 Å². The average molecular weight is 330 g/mol. The number of amides is 2. The van der Waals surface area contributed by atoms with E-state index in [1.54, 1.807) is 0 Å². The number of para-hydroxylation sites is 1. The summed E-state index contributed by atoms with van der Waals surface area (Å²) in [5.41, 5.74) is 4.92. The van der Waals surface area contributed by atoms with Gasteiger partial charge in [0.05, 0.1) is 17.7 Å². The summed E-state index contributed by atoms with van der Waals surface area (Å²) in [5.74, 6) is -2.75. The number of hydrogen-bond acceptors (Lipinski definition) is 4. The minimum Gasteiger partial charge on any atom is -0.366 e. The molecule has 2 amide bonds. The van der Waals surface area contributed by atoms with Crippen LogP contribution in [0, 0.1) is 0 Å². The molecule has 0 heterocycles. The second kappa shape index (κ2) is 7.52. The van der Waals surface area contributed by atoms with E-state index in [0.717, 1.165) is 0 Å². The Bertz CT molecular complexity index is 641. The van der Waals surface area contributed by atoms with E-state index in [2.05, 4.69) is 5.32 Å². The minimum absolute atomic E-state index is 0.0617. The molecule has 0 saturated heterocycles. The maximum absolute atomic E-state index is 12.1. The molecule has 0 radical (unpaired) electrons. The van der Waals surface area contributed by atoms with Crippen molar-refractivity contribution >= 4 is 29.6 Å². The lowest BCUT2D eigenvalue weighted by molar-refractivity contribution is -0.142. The van der Waals surface area contributed by atoms with Gasteiger partial charge >= 0.3 is 6.18 Å². The molecular weight excluding hydrogens is 317 g/mol. The van der Waals surface area contributed by atoms with Gasteiger partial charge < -0.3 is 11.1 Å². The molecule has 1 aromatic rings. The Balaban J connectivity index is 3.05. The fourth-order valence-corrected chi connectivity index (χ4v) is 1.79. The number of alkyl halides is 3. The monoisotopic (exact) mass is 330 g/mol. The molecule has 0 bridgehead atoms. The van der Waals surface area contributed by atoms with Crippen molar-refractivity contribution < 1.29 is 32.3 Å². The summed E-state index contributed by atoms with van der Waals surface area (Å²) in [6.45, 7) is 0. The summed E-state index contributed by atoms with van der Waals surface area (Å²) in [5, 5.41) is 2.15. The third-order valence-electron chi connectivity index (χ3n) is 2.81. The summed E-state index contributed by atoms with van der Waals surface area (Å²) >= 11 is 0. The molecule has 0 fully saturated rings. The van der Waals surface area contributed by atoms with Crippen LogP contribution in [0.4, 0.5) is 18.9 Å². The van der Waals surface area contributed by atoms with Crippen LogP contribution >= 0.6 is 0 Å². The third kappa shape index (κ3) is 5.89. The first-order chi connectivity index (χ1) is 10.6. The SMILES string of the molecule is NC(=O)c1cccc(CC(=O)C=O)c1NC(=O)CCC(F)(F)F. The number of nitrogens with two attached hydrogens (primary N) is 1. The number of rotatable bonds is 7. The normalized spacial score (nSPS) is 10.9. The van der Waals surface area contributed by atoms with Crippen molar-refractivity contribution in [2.24, 2.45) is 5.73 Å². The smallest absolute Gasteiger partial charge is 0.366 e. The Morgan fingerprint density at radius 2 is 1.87 bits per heavy atom. The molecule has 0 aromatic heterocycles. The Hall–Kier alpha value is -2.71. The van der Waals surface area contributed by atoms with E-state index in [1.165, 1.54) is 18.2 Å². The highest BCUT2D eigenvalue weighted by molar-refractivity contribution is 6.26. The zero-order valence-electron chi connectivity index (χ0n) is 11.8. The van der Waals surface area contributed by atoms with Gasteiger partial charge in [-0.15, -0.1) is 0 Å². The fraction of sp³-hybridized carbons (Fsp3) is 0.286. The van der Waals surface area contributed by atoms with Crippen LogP contribution < -0.4 is 11.1 Å². The van der Waals surface area contributed by atoms with Crippen molar-refractivity contribution in [1.29, 1.82) is 0 Å². The van der Waals surface area contributed by atoms with Crippen LogP contribution in [0.5, 0.6) is 0 Å². The van der Waals surface area contributed by atoms with Crippen molar-refractivity contribution in [3.05, 3.63) is 29.3 Å². The number of anilines is 1. The maximum atomic E-state index is 12.1. The molecule has 0 saturated carbocycles. The Morgan fingerprint density at radius 3 is 2.39 bits per heavy atom. The van der Waals surface area contributed by atoms with E-state index in [0.29, 0.717) is 0 Å². The number of carbonyl (C=O) groups excluding carboxylic acids is 4. The lowest BCUT2D eigenvalue weighted by Crippen LogP contribution is -2.22. The van der Waals surface area contributed by atoms with Gasteiger partial charge in [0.25, 0.3) is 5.91 Å². The van der Waals surface area contributed by atoms with E-state index >= 15 is 0 Å². The zero-order chi connectivity index (χ0) is 17.6. The van der Waals surface area contributed by atoms with Crippen LogP contribution in [0.15, 0.2) is 18.2 Å². The summed E-state index contributed by atoms with van der Waals surface area (Å²) in [6.07, 6.45) is -7.04. The highest BCUT2D eigenvalue weighted by Crippen LogP contribution is 2.24. The molecule has 1 rings (SSSR count). The second-order valence-electron chi connectivity index (χ2n) is 4.63. The van der Waals surface area contributed by atoms with Gasteiger partial charge in [-0.2, -0.15) is 13.2 Å². The Morgan fingerprint density at radius 1 is 1.22 bits per heavy atom. The lowest BCUT2D eigenvalue weighted by atomic mass is 10.0. The fourth-order valence-electron chi connectivity index (χ4n) is 1.79. The Labute approximate surface area is 128 Å². The predicted molar refractivity (Wildman–Crippen MR) is 73.7 cm³/mol. The molecule has 0 unspecified atom stereocenters.